The molecule has 0 bridgehead atoms. The van der Waals surface area contributed by atoms with Crippen LogP contribution in [0.1, 0.15) is 29.2 Å². The lowest BCUT2D eigenvalue weighted by molar-refractivity contribution is -0.125. The lowest BCUT2D eigenvalue weighted by Crippen LogP contribution is -2.42. The summed E-state index contributed by atoms with van der Waals surface area (Å²) in [5, 5.41) is 2.88. The molecule has 1 N–H and O–H groups in total. The molecule has 3 nitrogen and oxygen atoms in total. The topological polar surface area (TPSA) is 46.2 Å². The molecule has 1 amide bonds. The summed E-state index contributed by atoms with van der Waals surface area (Å²) >= 11 is 1.53. The Balaban J connectivity index is 1.97. The molecule has 25 heavy (non-hydrogen) atoms. The van der Waals surface area contributed by atoms with Gasteiger partial charge in [0.25, 0.3) is 0 Å². The van der Waals surface area contributed by atoms with Crippen LogP contribution in [0.2, 0.25) is 0 Å². The molecule has 0 radical (unpaired) electrons. The highest BCUT2D eigenvalue weighted by Crippen LogP contribution is 2.27. The Hall–Kier alpha value is -2.07. The number of carbonyl (C=O) groups excluding carboxylic acids is 2. The zero-order valence-electron chi connectivity index (χ0n) is 15.3. The second kappa shape index (κ2) is 8.86. The molecule has 2 rings (SSSR count). The average Bonchev–Trinajstić information content (AvgIpc) is 2.54. The van der Waals surface area contributed by atoms with Gasteiger partial charge in [0, 0.05) is 4.90 Å². The van der Waals surface area contributed by atoms with E-state index < -0.39 is 6.04 Å². The van der Waals surface area contributed by atoms with E-state index >= 15 is 0 Å². The van der Waals surface area contributed by atoms with Crippen LogP contribution in [0.3, 0.4) is 0 Å². The third-order valence-corrected chi connectivity index (χ3v) is 5.40. The molecule has 0 spiro atoms. The number of nitrogens with one attached hydrogen (secondary N) is 1. The third kappa shape index (κ3) is 5.75. The molecule has 2 aromatic rings. The Morgan fingerprint density at radius 2 is 1.64 bits per heavy atom. The summed E-state index contributed by atoms with van der Waals surface area (Å²) in [6.07, 6.45) is 0.523. The van der Waals surface area contributed by atoms with Crippen molar-refractivity contribution >= 4 is 23.5 Å². The van der Waals surface area contributed by atoms with E-state index in [4.69, 9.17) is 0 Å². The van der Waals surface area contributed by atoms with Crippen LogP contribution in [-0.2, 0) is 16.0 Å². The van der Waals surface area contributed by atoms with E-state index in [0.29, 0.717) is 12.2 Å². The van der Waals surface area contributed by atoms with E-state index in [1.807, 2.05) is 30.3 Å². The second-order valence-electron chi connectivity index (χ2n) is 6.44. The van der Waals surface area contributed by atoms with Gasteiger partial charge in [0.1, 0.15) is 0 Å². The highest BCUT2D eigenvalue weighted by molar-refractivity contribution is 8.00. The van der Waals surface area contributed by atoms with Crippen molar-refractivity contribution in [3.63, 3.8) is 0 Å². The first kappa shape index (κ1) is 19.3. The lowest BCUT2D eigenvalue weighted by atomic mass is 10.0. The Morgan fingerprint density at radius 1 is 1.04 bits per heavy atom. The molecule has 0 aromatic heterocycles. The second-order valence-corrected chi connectivity index (χ2v) is 7.42. The smallest absolute Gasteiger partial charge is 0.230 e. The average molecular weight is 356 g/mol. The Morgan fingerprint density at radius 3 is 2.20 bits per heavy atom. The standard InChI is InChI=1S/C21H25NO2S/c1-14-10-15(2)21(16(3)11-14)25-13-20(24)22-19(17(4)23)12-18-8-6-5-7-9-18/h5-11,19H,12-13H2,1-4H3,(H,22,24). The number of hydrogen-bond donors (Lipinski definition) is 1. The molecule has 0 saturated carbocycles. The van der Waals surface area contributed by atoms with Crippen LogP contribution in [0.25, 0.3) is 0 Å². The molecule has 0 saturated heterocycles. The monoisotopic (exact) mass is 355 g/mol. The van der Waals surface area contributed by atoms with Crippen molar-refractivity contribution in [2.24, 2.45) is 0 Å². The maximum absolute atomic E-state index is 12.3. The fourth-order valence-electron chi connectivity index (χ4n) is 2.91. The largest absolute Gasteiger partial charge is 0.345 e. The van der Waals surface area contributed by atoms with Crippen LogP contribution in [0.15, 0.2) is 47.4 Å². The van der Waals surface area contributed by atoms with Crippen molar-refractivity contribution in [3.8, 4) is 0 Å². The molecule has 2 aromatic carbocycles. The van der Waals surface area contributed by atoms with E-state index in [0.717, 1.165) is 10.5 Å². The van der Waals surface area contributed by atoms with Crippen LogP contribution in [0.5, 0.6) is 0 Å². The first-order chi connectivity index (χ1) is 11.9. The molecule has 0 aliphatic heterocycles. The minimum Gasteiger partial charge on any atom is -0.345 e. The molecule has 1 unspecified atom stereocenters. The maximum Gasteiger partial charge on any atom is 0.230 e. The summed E-state index contributed by atoms with van der Waals surface area (Å²) in [6, 6.07) is 13.5. The molecule has 0 aliphatic rings. The number of rotatable bonds is 7. The van der Waals surface area contributed by atoms with Crippen molar-refractivity contribution in [2.75, 3.05) is 5.75 Å². The predicted molar refractivity (Wildman–Crippen MR) is 104 cm³/mol. The molecule has 0 aliphatic carbocycles. The van der Waals surface area contributed by atoms with Gasteiger partial charge in [-0.1, -0.05) is 48.0 Å². The summed E-state index contributed by atoms with van der Waals surface area (Å²) < 4.78 is 0. The number of aryl methyl sites for hydroxylation is 3. The SMILES string of the molecule is CC(=O)C(Cc1ccccc1)NC(=O)CSc1c(C)cc(C)cc1C. The van der Waals surface area contributed by atoms with Gasteiger partial charge >= 0.3 is 0 Å². The molecular formula is C21H25NO2S. The molecule has 0 heterocycles. The summed E-state index contributed by atoms with van der Waals surface area (Å²) in [6.45, 7) is 7.72. The Bertz CT molecular complexity index is 733. The highest BCUT2D eigenvalue weighted by Gasteiger charge is 2.18. The maximum atomic E-state index is 12.3. The summed E-state index contributed by atoms with van der Waals surface area (Å²) in [4.78, 5) is 25.4. The summed E-state index contributed by atoms with van der Waals surface area (Å²) in [7, 11) is 0. The van der Waals surface area contributed by atoms with Crippen LogP contribution in [-0.4, -0.2) is 23.5 Å². The summed E-state index contributed by atoms with van der Waals surface area (Å²) in [5.74, 6) is 0.175. The molecular weight excluding hydrogens is 330 g/mol. The van der Waals surface area contributed by atoms with E-state index in [9.17, 15) is 9.59 Å². The van der Waals surface area contributed by atoms with Crippen molar-refractivity contribution in [3.05, 3.63) is 64.7 Å². The Labute approximate surface area is 154 Å². The highest BCUT2D eigenvalue weighted by atomic mass is 32.2. The van der Waals surface area contributed by atoms with E-state index in [1.165, 1.54) is 35.4 Å². The first-order valence-electron chi connectivity index (χ1n) is 8.41. The zero-order chi connectivity index (χ0) is 18.4. The van der Waals surface area contributed by atoms with Gasteiger partial charge in [-0.2, -0.15) is 0 Å². The minimum absolute atomic E-state index is 0.0232. The Kier molecular flexibility index (Phi) is 6.82. The minimum atomic E-state index is -0.476. The van der Waals surface area contributed by atoms with Gasteiger partial charge < -0.3 is 5.32 Å². The zero-order valence-corrected chi connectivity index (χ0v) is 16.1. The number of carbonyl (C=O) groups is 2. The fraction of sp³-hybridized carbons (Fsp3) is 0.333. The molecule has 4 heteroatoms. The van der Waals surface area contributed by atoms with Gasteiger partial charge in [0.05, 0.1) is 11.8 Å². The third-order valence-electron chi connectivity index (χ3n) is 4.06. The lowest BCUT2D eigenvalue weighted by Gasteiger charge is -2.17. The number of benzene rings is 2. The van der Waals surface area contributed by atoms with E-state index in [-0.39, 0.29) is 11.7 Å². The number of thioether (sulfide) groups is 1. The first-order valence-corrected chi connectivity index (χ1v) is 9.39. The molecule has 132 valence electrons. The molecule has 0 fully saturated rings. The van der Waals surface area contributed by atoms with Gasteiger partial charge in [0.2, 0.25) is 5.91 Å². The van der Waals surface area contributed by atoms with Crippen LogP contribution >= 0.6 is 11.8 Å². The fourth-order valence-corrected chi connectivity index (χ4v) is 3.85. The van der Waals surface area contributed by atoms with Crippen molar-refractivity contribution in [2.45, 2.75) is 45.1 Å². The van der Waals surface area contributed by atoms with E-state index in [2.05, 4.69) is 38.2 Å². The van der Waals surface area contributed by atoms with Gasteiger partial charge in [-0.05, 0) is 50.8 Å². The number of ketones is 1. The van der Waals surface area contributed by atoms with Crippen LogP contribution in [0.4, 0.5) is 0 Å². The quantitative estimate of drug-likeness (QED) is 0.763. The predicted octanol–water partition coefficient (Wildman–Crippen LogP) is 4.02. The van der Waals surface area contributed by atoms with E-state index in [1.54, 1.807) is 0 Å². The van der Waals surface area contributed by atoms with Crippen molar-refractivity contribution in [1.29, 1.82) is 0 Å². The van der Waals surface area contributed by atoms with Crippen molar-refractivity contribution < 1.29 is 9.59 Å². The number of hydrogen-bond acceptors (Lipinski definition) is 3. The number of Topliss-reactive ketones (excluding diaryl/α,β-unsaturated/α-hetero) is 1. The number of amides is 1. The van der Waals surface area contributed by atoms with Gasteiger partial charge in [-0.15, -0.1) is 11.8 Å². The molecule has 1 atom stereocenters. The van der Waals surface area contributed by atoms with Crippen molar-refractivity contribution in [1.82, 2.24) is 5.32 Å². The van der Waals surface area contributed by atoms with Gasteiger partial charge in [0.15, 0.2) is 5.78 Å². The van der Waals surface area contributed by atoms with Gasteiger partial charge in [-0.25, -0.2) is 0 Å². The normalized spacial score (nSPS) is 11.8. The van der Waals surface area contributed by atoms with Gasteiger partial charge in [-0.3, -0.25) is 9.59 Å². The van der Waals surface area contributed by atoms with Crippen LogP contribution in [0, 0.1) is 20.8 Å². The summed E-state index contributed by atoms with van der Waals surface area (Å²) in [5.41, 5.74) is 4.63. The van der Waals surface area contributed by atoms with Crippen LogP contribution < -0.4 is 5.32 Å².